The van der Waals surface area contributed by atoms with Crippen LogP contribution in [0.4, 0.5) is 4.79 Å². The van der Waals surface area contributed by atoms with E-state index in [1.54, 1.807) is 16.2 Å². The van der Waals surface area contributed by atoms with Gasteiger partial charge >= 0.3 is 6.09 Å². The molecule has 1 atom stereocenters. The maximum absolute atomic E-state index is 12.0. The maximum atomic E-state index is 12.0. The molecule has 1 aromatic heterocycles. The van der Waals surface area contributed by atoms with Gasteiger partial charge in [-0.1, -0.05) is 0 Å². The molecule has 0 spiro atoms. The second-order valence-electron chi connectivity index (χ2n) is 5.38. The number of hydrogen-bond acceptors (Lipinski definition) is 4. The Hall–Kier alpha value is -1.10. The molecule has 0 N–H and O–H groups in total. The van der Waals surface area contributed by atoms with E-state index in [2.05, 4.69) is 4.98 Å². The first-order valence-corrected chi connectivity index (χ1v) is 6.65. The number of carbonyl (C=O) groups is 1. The minimum Gasteiger partial charge on any atom is -0.444 e. The Bertz CT molecular complexity index is 422. The Morgan fingerprint density at radius 1 is 1.59 bits per heavy atom. The van der Waals surface area contributed by atoms with Crippen LogP contribution in [0.5, 0.6) is 0 Å². The predicted octanol–water partition coefficient (Wildman–Crippen LogP) is 2.82. The number of amides is 1. The quantitative estimate of drug-likeness (QED) is 0.715. The number of carbonyl (C=O) groups excluding carboxylic acids is 1. The molecule has 1 aliphatic rings. The summed E-state index contributed by atoms with van der Waals surface area (Å²) < 4.78 is 5.41. The summed E-state index contributed by atoms with van der Waals surface area (Å²) in [6, 6.07) is 0.152. The average molecular weight is 254 g/mol. The van der Waals surface area contributed by atoms with Crippen molar-refractivity contribution < 1.29 is 9.53 Å². The van der Waals surface area contributed by atoms with E-state index >= 15 is 0 Å². The van der Waals surface area contributed by atoms with Gasteiger partial charge in [0, 0.05) is 17.3 Å². The lowest BCUT2D eigenvalue weighted by atomic mass is 10.1. The zero-order valence-corrected chi connectivity index (χ0v) is 11.5. The van der Waals surface area contributed by atoms with Crippen molar-refractivity contribution in [2.45, 2.75) is 52.3 Å². The Kier molecular flexibility index (Phi) is 3.12. The van der Waals surface area contributed by atoms with Crippen molar-refractivity contribution in [3.63, 3.8) is 0 Å². The fourth-order valence-corrected chi connectivity index (χ4v) is 2.65. The number of aromatic nitrogens is 1. The molecular formula is C12H18N2O2S. The van der Waals surface area contributed by atoms with Gasteiger partial charge in [-0.3, -0.25) is 4.90 Å². The molecule has 0 saturated carbocycles. The van der Waals surface area contributed by atoms with E-state index in [0.29, 0.717) is 6.54 Å². The van der Waals surface area contributed by atoms with Gasteiger partial charge in [0.25, 0.3) is 0 Å². The van der Waals surface area contributed by atoms with Crippen molar-refractivity contribution in [1.82, 2.24) is 9.88 Å². The minimum atomic E-state index is -0.440. The molecule has 94 valence electrons. The largest absolute Gasteiger partial charge is 0.444 e. The molecule has 0 bridgehead atoms. The first kappa shape index (κ1) is 12.4. The molecule has 1 aliphatic heterocycles. The molecule has 0 aliphatic carbocycles. The standard InChI is InChI=1S/C12H18N2O2S/c1-8-5-9-10(17-7-13-9)6-14(8)11(15)16-12(2,3)4/h7-8H,5-6H2,1-4H3/t8-/m1/s1. The fourth-order valence-electron chi connectivity index (χ4n) is 1.85. The van der Waals surface area contributed by atoms with Crippen LogP contribution < -0.4 is 0 Å². The van der Waals surface area contributed by atoms with E-state index in [-0.39, 0.29) is 12.1 Å². The van der Waals surface area contributed by atoms with Gasteiger partial charge < -0.3 is 4.74 Å². The predicted molar refractivity (Wildman–Crippen MR) is 67.1 cm³/mol. The minimum absolute atomic E-state index is 0.152. The summed E-state index contributed by atoms with van der Waals surface area (Å²) in [7, 11) is 0. The second kappa shape index (κ2) is 4.29. The smallest absolute Gasteiger partial charge is 0.410 e. The van der Waals surface area contributed by atoms with Crippen molar-refractivity contribution in [2.75, 3.05) is 0 Å². The van der Waals surface area contributed by atoms with Crippen LogP contribution in [0.1, 0.15) is 38.3 Å². The third-order valence-electron chi connectivity index (χ3n) is 2.69. The summed E-state index contributed by atoms with van der Waals surface area (Å²) in [6.45, 7) is 8.31. The van der Waals surface area contributed by atoms with E-state index in [9.17, 15) is 4.79 Å². The first-order chi connectivity index (χ1) is 7.87. The molecule has 1 amide bonds. The molecule has 4 nitrogen and oxygen atoms in total. The van der Waals surface area contributed by atoms with Crippen molar-refractivity contribution in [3.8, 4) is 0 Å². The van der Waals surface area contributed by atoms with Gasteiger partial charge in [-0.05, 0) is 27.7 Å². The lowest BCUT2D eigenvalue weighted by Crippen LogP contribution is -2.44. The highest BCUT2D eigenvalue weighted by Crippen LogP contribution is 2.26. The number of thiazole rings is 1. The van der Waals surface area contributed by atoms with Gasteiger partial charge in [0.1, 0.15) is 5.60 Å². The van der Waals surface area contributed by atoms with Crippen LogP contribution >= 0.6 is 11.3 Å². The Labute approximate surface area is 106 Å². The van der Waals surface area contributed by atoms with Crippen LogP contribution in [0.15, 0.2) is 5.51 Å². The summed E-state index contributed by atoms with van der Waals surface area (Å²) in [5.74, 6) is 0. The zero-order valence-electron chi connectivity index (χ0n) is 10.7. The highest BCUT2D eigenvalue weighted by atomic mass is 32.1. The number of hydrogen-bond donors (Lipinski definition) is 0. The molecule has 0 radical (unpaired) electrons. The molecule has 17 heavy (non-hydrogen) atoms. The van der Waals surface area contributed by atoms with Gasteiger partial charge in [-0.15, -0.1) is 11.3 Å². The van der Waals surface area contributed by atoms with Crippen LogP contribution in [0.2, 0.25) is 0 Å². The second-order valence-corrected chi connectivity index (χ2v) is 6.32. The highest BCUT2D eigenvalue weighted by Gasteiger charge is 2.31. The van der Waals surface area contributed by atoms with Crippen LogP contribution in [-0.4, -0.2) is 27.6 Å². The van der Waals surface area contributed by atoms with Crippen LogP contribution in [0, 0.1) is 0 Å². The van der Waals surface area contributed by atoms with Gasteiger partial charge in [0.05, 0.1) is 17.7 Å². The van der Waals surface area contributed by atoms with Crippen molar-refractivity contribution in [2.24, 2.45) is 0 Å². The van der Waals surface area contributed by atoms with Gasteiger partial charge in [-0.2, -0.15) is 0 Å². The Morgan fingerprint density at radius 3 is 2.94 bits per heavy atom. The zero-order chi connectivity index (χ0) is 12.6. The van der Waals surface area contributed by atoms with Crippen LogP contribution in [0.3, 0.4) is 0 Å². The van der Waals surface area contributed by atoms with Crippen LogP contribution in [0.25, 0.3) is 0 Å². The summed E-state index contributed by atoms with van der Waals surface area (Å²) >= 11 is 1.61. The summed E-state index contributed by atoms with van der Waals surface area (Å²) in [5.41, 5.74) is 2.53. The number of fused-ring (bicyclic) bond motifs is 1. The molecule has 2 rings (SSSR count). The Balaban J connectivity index is 2.10. The average Bonchev–Trinajstić information content (AvgIpc) is 2.60. The molecule has 0 unspecified atom stereocenters. The van der Waals surface area contributed by atoms with E-state index in [1.807, 2.05) is 33.2 Å². The molecule has 0 aromatic carbocycles. The van der Waals surface area contributed by atoms with Gasteiger partial charge in [-0.25, -0.2) is 9.78 Å². The summed E-state index contributed by atoms with van der Waals surface area (Å²) in [5, 5.41) is 0. The van der Waals surface area contributed by atoms with E-state index < -0.39 is 5.60 Å². The monoisotopic (exact) mass is 254 g/mol. The first-order valence-electron chi connectivity index (χ1n) is 5.77. The summed E-state index contributed by atoms with van der Waals surface area (Å²) in [6.07, 6.45) is 0.585. The van der Waals surface area contributed by atoms with Crippen molar-refractivity contribution in [3.05, 3.63) is 16.1 Å². The number of ether oxygens (including phenoxy) is 1. The Morgan fingerprint density at radius 2 is 2.29 bits per heavy atom. The fraction of sp³-hybridized carbons (Fsp3) is 0.667. The number of nitrogens with zero attached hydrogens (tertiary/aromatic N) is 2. The molecule has 0 fully saturated rings. The lowest BCUT2D eigenvalue weighted by molar-refractivity contribution is 0.0140. The molecule has 0 saturated heterocycles. The molecule has 5 heteroatoms. The van der Waals surface area contributed by atoms with Crippen molar-refractivity contribution >= 4 is 17.4 Å². The highest BCUT2D eigenvalue weighted by molar-refractivity contribution is 7.09. The lowest BCUT2D eigenvalue weighted by Gasteiger charge is -2.34. The third kappa shape index (κ3) is 2.77. The summed E-state index contributed by atoms with van der Waals surface area (Å²) in [4.78, 5) is 19.3. The normalized spacial score (nSPS) is 20.0. The molecule has 2 heterocycles. The third-order valence-corrected chi connectivity index (χ3v) is 3.55. The van der Waals surface area contributed by atoms with Crippen molar-refractivity contribution in [1.29, 1.82) is 0 Å². The molecular weight excluding hydrogens is 236 g/mol. The van der Waals surface area contributed by atoms with E-state index in [4.69, 9.17) is 4.74 Å². The maximum Gasteiger partial charge on any atom is 0.410 e. The molecule has 1 aromatic rings. The number of rotatable bonds is 0. The van der Waals surface area contributed by atoms with Gasteiger partial charge in [0.2, 0.25) is 0 Å². The van der Waals surface area contributed by atoms with E-state index in [1.165, 1.54) is 4.88 Å². The topological polar surface area (TPSA) is 42.4 Å². The SMILES string of the molecule is C[C@@H]1Cc2ncsc2CN1C(=O)OC(C)(C)C. The van der Waals surface area contributed by atoms with Gasteiger partial charge in [0.15, 0.2) is 0 Å². The van der Waals surface area contributed by atoms with Crippen LogP contribution in [-0.2, 0) is 17.7 Å². The van der Waals surface area contributed by atoms with E-state index in [0.717, 1.165) is 12.1 Å².